The first kappa shape index (κ1) is 18.4. The highest BCUT2D eigenvalue weighted by atomic mass is 16.5. The van der Waals surface area contributed by atoms with Gasteiger partial charge in [0.2, 0.25) is 5.91 Å². The standard InChI is InChI=1S/C24H26N2O3/c1-16(2)18-9-6-10-19(13-18)23(28)25-12-11-24-21(25)14-22(27)26(24)15-20(29-24)17-7-4-3-5-8-17/h3-10,13,16,20-21H,11-12,14-15H2,1-2H3/t20-,21-,24+/m1/s1. The van der Waals surface area contributed by atoms with E-state index in [1.165, 1.54) is 0 Å². The fourth-order valence-corrected chi connectivity index (χ4v) is 5.11. The summed E-state index contributed by atoms with van der Waals surface area (Å²) in [6.07, 6.45) is 0.877. The average molecular weight is 390 g/mol. The van der Waals surface area contributed by atoms with Crippen LogP contribution in [-0.4, -0.2) is 46.5 Å². The zero-order valence-electron chi connectivity index (χ0n) is 16.9. The largest absolute Gasteiger partial charge is 0.343 e. The van der Waals surface area contributed by atoms with E-state index in [2.05, 4.69) is 19.9 Å². The molecule has 0 unspecified atom stereocenters. The van der Waals surface area contributed by atoms with Crippen LogP contribution in [0.1, 0.15) is 60.2 Å². The second-order valence-corrected chi connectivity index (χ2v) is 8.61. The summed E-state index contributed by atoms with van der Waals surface area (Å²) in [5.41, 5.74) is 2.24. The Hall–Kier alpha value is -2.66. The highest BCUT2D eigenvalue weighted by molar-refractivity contribution is 5.96. The van der Waals surface area contributed by atoms with Crippen molar-refractivity contribution in [1.82, 2.24) is 9.80 Å². The quantitative estimate of drug-likeness (QED) is 0.803. The van der Waals surface area contributed by atoms with Crippen LogP contribution in [0.4, 0.5) is 0 Å². The molecule has 5 nitrogen and oxygen atoms in total. The number of hydrogen-bond donors (Lipinski definition) is 0. The molecule has 2 aromatic rings. The molecule has 5 heteroatoms. The Morgan fingerprint density at radius 1 is 1.14 bits per heavy atom. The molecule has 0 N–H and O–H groups in total. The fraction of sp³-hybridized carbons (Fsp3) is 0.417. The Balaban J connectivity index is 1.43. The fourth-order valence-electron chi connectivity index (χ4n) is 5.11. The topological polar surface area (TPSA) is 49.9 Å². The summed E-state index contributed by atoms with van der Waals surface area (Å²) >= 11 is 0. The summed E-state index contributed by atoms with van der Waals surface area (Å²) in [5, 5.41) is 0. The Kier molecular flexibility index (Phi) is 4.24. The van der Waals surface area contributed by atoms with Gasteiger partial charge < -0.3 is 14.5 Å². The van der Waals surface area contributed by atoms with Gasteiger partial charge in [-0.1, -0.05) is 56.3 Å². The first-order valence-electron chi connectivity index (χ1n) is 10.4. The van der Waals surface area contributed by atoms with Crippen molar-refractivity contribution in [2.24, 2.45) is 0 Å². The number of likely N-dealkylation sites (tertiary alicyclic amines) is 1. The van der Waals surface area contributed by atoms with Crippen molar-refractivity contribution in [1.29, 1.82) is 0 Å². The molecule has 3 aliphatic heterocycles. The number of carbonyl (C=O) groups is 2. The van der Waals surface area contributed by atoms with Crippen LogP contribution >= 0.6 is 0 Å². The molecule has 3 fully saturated rings. The van der Waals surface area contributed by atoms with Crippen molar-refractivity contribution in [2.45, 2.75) is 50.5 Å². The zero-order valence-corrected chi connectivity index (χ0v) is 16.9. The predicted octanol–water partition coefficient (Wildman–Crippen LogP) is 3.72. The van der Waals surface area contributed by atoms with Crippen LogP contribution in [0.15, 0.2) is 54.6 Å². The van der Waals surface area contributed by atoms with E-state index in [1.807, 2.05) is 58.3 Å². The number of carbonyl (C=O) groups excluding carboxylic acids is 2. The average Bonchev–Trinajstić information content (AvgIpc) is 3.37. The third-order valence-electron chi connectivity index (χ3n) is 6.66. The molecule has 0 saturated carbocycles. The van der Waals surface area contributed by atoms with Crippen LogP contribution in [0.2, 0.25) is 0 Å². The van der Waals surface area contributed by atoms with Crippen molar-refractivity contribution in [2.75, 3.05) is 13.1 Å². The van der Waals surface area contributed by atoms with Gasteiger partial charge in [-0.25, -0.2) is 0 Å². The van der Waals surface area contributed by atoms with Gasteiger partial charge >= 0.3 is 0 Å². The van der Waals surface area contributed by atoms with Gasteiger partial charge in [-0.05, 0) is 29.2 Å². The minimum Gasteiger partial charge on any atom is -0.343 e. The van der Waals surface area contributed by atoms with Crippen LogP contribution in [0.3, 0.4) is 0 Å². The predicted molar refractivity (Wildman–Crippen MR) is 109 cm³/mol. The molecular weight excluding hydrogens is 364 g/mol. The molecule has 29 heavy (non-hydrogen) atoms. The molecule has 0 aliphatic carbocycles. The number of amides is 2. The number of hydrogen-bond acceptors (Lipinski definition) is 3. The number of ether oxygens (including phenoxy) is 1. The third-order valence-corrected chi connectivity index (χ3v) is 6.66. The second-order valence-electron chi connectivity index (χ2n) is 8.61. The number of nitrogens with zero attached hydrogens (tertiary/aromatic N) is 2. The van der Waals surface area contributed by atoms with Gasteiger partial charge in [0.1, 0.15) is 6.10 Å². The van der Waals surface area contributed by atoms with E-state index in [1.54, 1.807) is 0 Å². The molecule has 2 aromatic carbocycles. The second kappa shape index (κ2) is 6.70. The lowest BCUT2D eigenvalue weighted by molar-refractivity contribution is -0.138. The molecule has 0 aromatic heterocycles. The Bertz CT molecular complexity index is 958. The summed E-state index contributed by atoms with van der Waals surface area (Å²) in [4.78, 5) is 29.9. The van der Waals surface area contributed by atoms with E-state index in [0.29, 0.717) is 37.4 Å². The van der Waals surface area contributed by atoms with Crippen molar-refractivity contribution >= 4 is 11.8 Å². The van der Waals surface area contributed by atoms with E-state index in [0.717, 1.165) is 11.1 Å². The van der Waals surface area contributed by atoms with Gasteiger partial charge in [0.25, 0.3) is 5.91 Å². The van der Waals surface area contributed by atoms with Crippen molar-refractivity contribution in [3.8, 4) is 0 Å². The Labute approximate surface area is 171 Å². The van der Waals surface area contributed by atoms with E-state index >= 15 is 0 Å². The van der Waals surface area contributed by atoms with Gasteiger partial charge in [0.15, 0.2) is 5.72 Å². The molecular formula is C24H26N2O3. The van der Waals surface area contributed by atoms with Crippen molar-refractivity contribution in [3.05, 3.63) is 71.3 Å². The molecule has 1 spiro atoms. The molecule has 5 rings (SSSR count). The summed E-state index contributed by atoms with van der Waals surface area (Å²) in [7, 11) is 0. The summed E-state index contributed by atoms with van der Waals surface area (Å²) in [5.74, 6) is 0.443. The molecule has 3 saturated heterocycles. The van der Waals surface area contributed by atoms with Crippen LogP contribution < -0.4 is 0 Å². The first-order chi connectivity index (χ1) is 14.0. The minimum absolute atomic E-state index is 0.00390. The smallest absolute Gasteiger partial charge is 0.254 e. The molecule has 3 aliphatic rings. The molecule has 3 atom stereocenters. The zero-order chi connectivity index (χ0) is 20.2. The number of rotatable bonds is 3. The molecule has 0 radical (unpaired) electrons. The summed E-state index contributed by atoms with van der Waals surface area (Å²) in [6, 6.07) is 17.7. The molecule has 0 bridgehead atoms. The van der Waals surface area contributed by atoms with Gasteiger partial charge in [-0.2, -0.15) is 0 Å². The maximum atomic E-state index is 13.3. The first-order valence-corrected chi connectivity index (χ1v) is 10.4. The Morgan fingerprint density at radius 3 is 2.69 bits per heavy atom. The normalized spacial score (nSPS) is 28.2. The van der Waals surface area contributed by atoms with E-state index < -0.39 is 5.72 Å². The number of benzene rings is 2. The van der Waals surface area contributed by atoms with E-state index in [9.17, 15) is 9.59 Å². The summed E-state index contributed by atoms with van der Waals surface area (Å²) in [6.45, 7) is 5.42. The van der Waals surface area contributed by atoms with Crippen LogP contribution in [0.5, 0.6) is 0 Å². The highest BCUT2D eigenvalue weighted by Gasteiger charge is 2.65. The van der Waals surface area contributed by atoms with Gasteiger partial charge in [-0.15, -0.1) is 0 Å². The van der Waals surface area contributed by atoms with Gasteiger partial charge in [-0.3, -0.25) is 9.59 Å². The lowest BCUT2D eigenvalue weighted by Gasteiger charge is -2.32. The van der Waals surface area contributed by atoms with E-state index in [4.69, 9.17) is 4.74 Å². The maximum Gasteiger partial charge on any atom is 0.254 e. The third kappa shape index (κ3) is 2.79. The highest BCUT2D eigenvalue weighted by Crippen LogP contribution is 2.50. The lowest BCUT2D eigenvalue weighted by Crippen LogP contribution is -2.48. The molecule has 150 valence electrons. The molecule has 3 heterocycles. The van der Waals surface area contributed by atoms with Crippen LogP contribution in [0.25, 0.3) is 0 Å². The van der Waals surface area contributed by atoms with Gasteiger partial charge in [0, 0.05) is 18.5 Å². The minimum atomic E-state index is -0.678. The lowest BCUT2D eigenvalue weighted by atomic mass is 10.00. The van der Waals surface area contributed by atoms with Crippen molar-refractivity contribution in [3.63, 3.8) is 0 Å². The molecule has 2 amide bonds. The van der Waals surface area contributed by atoms with Crippen LogP contribution in [0, 0.1) is 0 Å². The Morgan fingerprint density at radius 2 is 1.93 bits per heavy atom. The SMILES string of the molecule is CC(C)c1cccc(C(=O)N2CC[C@@]34O[C@@H](c5ccccc5)CN3C(=O)C[C@@H]24)c1. The van der Waals surface area contributed by atoms with Gasteiger partial charge in [0.05, 0.1) is 19.0 Å². The van der Waals surface area contributed by atoms with Crippen LogP contribution in [-0.2, 0) is 9.53 Å². The monoisotopic (exact) mass is 390 g/mol. The van der Waals surface area contributed by atoms with E-state index in [-0.39, 0.29) is 24.0 Å². The summed E-state index contributed by atoms with van der Waals surface area (Å²) < 4.78 is 6.54. The maximum absolute atomic E-state index is 13.3. The van der Waals surface area contributed by atoms with Crippen molar-refractivity contribution < 1.29 is 14.3 Å².